The van der Waals surface area contributed by atoms with Gasteiger partial charge in [-0.05, 0) is 55.5 Å². The van der Waals surface area contributed by atoms with Crippen LogP contribution in [0.3, 0.4) is 0 Å². The van der Waals surface area contributed by atoms with E-state index in [-0.39, 0.29) is 12.0 Å². The van der Waals surface area contributed by atoms with E-state index in [4.69, 9.17) is 4.74 Å². The highest BCUT2D eigenvalue weighted by atomic mass is 32.1. The van der Waals surface area contributed by atoms with Crippen LogP contribution in [0.1, 0.15) is 53.0 Å². The molecular formula is C22H27N3O2S2. The zero-order valence-electron chi connectivity index (χ0n) is 16.6. The molecule has 0 saturated carbocycles. The number of rotatable bonds is 8. The van der Waals surface area contributed by atoms with Gasteiger partial charge in [-0.3, -0.25) is 9.69 Å². The first-order chi connectivity index (χ1) is 14.2. The molecule has 2 aliphatic rings. The number of hydrogen-bond acceptors (Lipinski definition) is 6. The molecule has 154 valence electrons. The molecular weight excluding hydrogens is 402 g/mol. The van der Waals surface area contributed by atoms with Crippen molar-refractivity contribution in [3.63, 3.8) is 0 Å². The van der Waals surface area contributed by atoms with Crippen LogP contribution in [0.15, 0.2) is 17.5 Å². The molecule has 1 N–H and O–H groups in total. The molecule has 5 nitrogen and oxygen atoms in total. The van der Waals surface area contributed by atoms with Crippen LogP contribution in [0.5, 0.6) is 0 Å². The molecule has 2 aromatic rings. The van der Waals surface area contributed by atoms with Gasteiger partial charge in [-0.25, -0.2) is 0 Å². The number of nitrogens with one attached hydrogen (secondary N) is 1. The van der Waals surface area contributed by atoms with Crippen LogP contribution in [0.4, 0.5) is 5.00 Å². The van der Waals surface area contributed by atoms with E-state index in [0.717, 1.165) is 62.4 Å². The van der Waals surface area contributed by atoms with Crippen molar-refractivity contribution >= 4 is 33.6 Å². The molecule has 29 heavy (non-hydrogen) atoms. The van der Waals surface area contributed by atoms with Crippen molar-refractivity contribution in [2.45, 2.75) is 57.6 Å². The fraction of sp³-hybridized carbons (Fsp3) is 0.545. The van der Waals surface area contributed by atoms with Gasteiger partial charge in [0.2, 0.25) is 5.91 Å². The molecule has 1 saturated heterocycles. The lowest BCUT2D eigenvalue weighted by molar-refractivity contribution is -0.116. The SMILES string of the molecule is N#Cc1c(NC(=O)CCN(Cc2cccs2)CC2CCCO2)sc2c1CCCC2. The third kappa shape index (κ3) is 5.26. The van der Waals surface area contributed by atoms with Crippen LogP contribution in [0, 0.1) is 11.3 Å². The minimum absolute atomic E-state index is 0.0105. The molecule has 7 heteroatoms. The third-order valence-corrected chi connectivity index (χ3v) is 7.70. The van der Waals surface area contributed by atoms with Crippen LogP contribution < -0.4 is 5.32 Å². The van der Waals surface area contributed by atoms with Gasteiger partial charge in [0.05, 0.1) is 11.7 Å². The third-order valence-electron chi connectivity index (χ3n) is 5.64. The van der Waals surface area contributed by atoms with E-state index in [1.54, 1.807) is 22.7 Å². The second-order valence-corrected chi connectivity index (χ2v) is 9.91. The zero-order valence-corrected chi connectivity index (χ0v) is 18.2. The first kappa shape index (κ1) is 20.5. The van der Waals surface area contributed by atoms with Crippen molar-refractivity contribution in [3.8, 4) is 6.07 Å². The molecule has 1 fully saturated rings. The van der Waals surface area contributed by atoms with Crippen molar-refractivity contribution < 1.29 is 9.53 Å². The van der Waals surface area contributed by atoms with Crippen molar-refractivity contribution in [1.82, 2.24) is 4.90 Å². The Bertz CT molecular complexity index is 863. The van der Waals surface area contributed by atoms with Crippen LogP contribution in [-0.4, -0.2) is 36.6 Å². The topological polar surface area (TPSA) is 65.4 Å². The van der Waals surface area contributed by atoms with Gasteiger partial charge in [0.25, 0.3) is 0 Å². The molecule has 1 aliphatic heterocycles. The number of anilines is 1. The highest BCUT2D eigenvalue weighted by Gasteiger charge is 2.23. The quantitative estimate of drug-likeness (QED) is 0.668. The van der Waals surface area contributed by atoms with Gasteiger partial charge < -0.3 is 10.1 Å². The number of aryl methyl sites for hydroxylation is 1. The van der Waals surface area contributed by atoms with E-state index in [2.05, 4.69) is 33.8 Å². The Hall–Kier alpha value is -1.72. The number of amides is 1. The summed E-state index contributed by atoms with van der Waals surface area (Å²) in [7, 11) is 0. The lowest BCUT2D eigenvalue weighted by Crippen LogP contribution is -2.34. The maximum absolute atomic E-state index is 12.7. The van der Waals surface area contributed by atoms with E-state index >= 15 is 0 Å². The normalized spacial score (nSPS) is 18.6. The lowest BCUT2D eigenvalue weighted by Gasteiger charge is -2.24. The van der Waals surface area contributed by atoms with Crippen molar-refractivity contribution in [2.24, 2.45) is 0 Å². The first-order valence-corrected chi connectivity index (χ1v) is 12.1. The average molecular weight is 430 g/mol. The number of nitrogens with zero attached hydrogens (tertiary/aromatic N) is 2. The van der Waals surface area contributed by atoms with Crippen LogP contribution in [0.25, 0.3) is 0 Å². The van der Waals surface area contributed by atoms with Crippen LogP contribution >= 0.6 is 22.7 Å². The minimum Gasteiger partial charge on any atom is -0.377 e. The fourth-order valence-electron chi connectivity index (χ4n) is 4.16. The number of ether oxygens (including phenoxy) is 1. The Kier molecular flexibility index (Phi) is 6.98. The summed E-state index contributed by atoms with van der Waals surface area (Å²) in [6.45, 7) is 3.25. The fourth-order valence-corrected chi connectivity index (χ4v) is 6.16. The highest BCUT2D eigenvalue weighted by molar-refractivity contribution is 7.16. The van der Waals surface area contributed by atoms with E-state index in [1.807, 2.05) is 0 Å². The summed E-state index contributed by atoms with van der Waals surface area (Å²) >= 11 is 3.34. The molecule has 1 unspecified atom stereocenters. The largest absolute Gasteiger partial charge is 0.377 e. The van der Waals surface area contributed by atoms with Crippen molar-refractivity contribution in [2.75, 3.05) is 25.0 Å². The van der Waals surface area contributed by atoms with Crippen molar-refractivity contribution in [1.29, 1.82) is 5.26 Å². The Morgan fingerprint density at radius 1 is 1.34 bits per heavy atom. The number of fused-ring (bicyclic) bond motifs is 1. The minimum atomic E-state index is -0.0105. The van der Waals surface area contributed by atoms with Gasteiger partial charge in [-0.15, -0.1) is 22.7 Å². The number of nitriles is 1. The Labute approximate surface area is 180 Å². The monoisotopic (exact) mass is 429 g/mol. The van der Waals surface area contributed by atoms with E-state index in [0.29, 0.717) is 18.5 Å². The Balaban J connectivity index is 1.36. The molecule has 0 radical (unpaired) electrons. The number of carbonyl (C=O) groups excluding carboxylic acids is 1. The molecule has 3 heterocycles. The summed E-state index contributed by atoms with van der Waals surface area (Å²) in [5.41, 5.74) is 1.85. The predicted octanol–water partition coefficient (Wildman–Crippen LogP) is 4.57. The molecule has 0 bridgehead atoms. The van der Waals surface area contributed by atoms with Gasteiger partial charge >= 0.3 is 0 Å². The zero-order chi connectivity index (χ0) is 20.1. The smallest absolute Gasteiger partial charge is 0.226 e. The van der Waals surface area contributed by atoms with Crippen LogP contribution in [-0.2, 0) is 28.9 Å². The Morgan fingerprint density at radius 3 is 3.00 bits per heavy atom. The predicted molar refractivity (Wildman–Crippen MR) is 117 cm³/mol. The van der Waals surface area contributed by atoms with Gasteiger partial charge in [0.1, 0.15) is 11.1 Å². The molecule has 4 rings (SSSR count). The van der Waals surface area contributed by atoms with Gasteiger partial charge in [-0.2, -0.15) is 5.26 Å². The number of carbonyl (C=O) groups is 1. The number of hydrogen-bond donors (Lipinski definition) is 1. The second-order valence-electron chi connectivity index (χ2n) is 7.77. The van der Waals surface area contributed by atoms with Gasteiger partial charge in [-0.1, -0.05) is 6.07 Å². The van der Waals surface area contributed by atoms with Gasteiger partial charge in [0, 0.05) is 42.4 Å². The van der Waals surface area contributed by atoms with E-state index in [9.17, 15) is 10.1 Å². The summed E-state index contributed by atoms with van der Waals surface area (Å²) in [6.07, 6.45) is 7.20. The average Bonchev–Trinajstić information content (AvgIpc) is 3.47. The summed E-state index contributed by atoms with van der Waals surface area (Å²) in [5, 5.41) is 15.4. The molecule has 0 aromatic carbocycles. The molecule has 2 aromatic heterocycles. The summed E-state index contributed by atoms with van der Waals surface area (Å²) in [5.74, 6) is -0.0105. The Morgan fingerprint density at radius 2 is 2.24 bits per heavy atom. The summed E-state index contributed by atoms with van der Waals surface area (Å²) in [4.78, 5) is 17.6. The van der Waals surface area contributed by atoms with E-state index < -0.39 is 0 Å². The maximum Gasteiger partial charge on any atom is 0.226 e. The molecule has 1 amide bonds. The lowest BCUT2D eigenvalue weighted by atomic mass is 9.96. The van der Waals surface area contributed by atoms with Crippen LogP contribution in [0.2, 0.25) is 0 Å². The number of thiophene rings is 2. The summed E-state index contributed by atoms with van der Waals surface area (Å²) in [6, 6.07) is 6.53. The van der Waals surface area contributed by atoms with E-state index in [1.165, 1.54) is 16.2 Å². The first-order valence-electron chi connectivity index (χ1n) is 10.4. The molecule has 0 spiro atoms. The maximum atomic E-state index is 12.7. The highest BCUT2D eigenvalue weighted by Crippen LogP contribution is 2.37. The van der Waals surface area contributed by atoms with Crippen molar-refractivity contribution in [3.05, 3.63) is 38.4 Å². The standard InChI is InChI=1S/C22H27N3O2S2/c23-13-19-18-7-1-2-8-20(18)29-22(19)24-21(26)9-10-25(14-16-5-3-11-27-16)15-17-6-4-12-28-17/h4,6,12,16H,1-3,5,7-11,14-15H2,(H,24,26). The molecule has 1 aliphatic carbocycles. The molecule has 1 atom stereocenters. The summed E-state index contributed by atoms with van der Waals surface area (Å²) < 4.78 is 5.81. The second kappa shape index (κ2) is 9.86. The van der Waals surface area contributed by atoms with Gasteiger partial charge in [0.15, 0.2) is 0 Å².